The molecule has 0 saturated carbocycles. The van der Waals surface area contributed by atoms with Crippen LogP contribution in [0.1, 0.15) is 0 Å². The Morgan fingerprint density at radius 2 is 2.00 bits per heavy atom. The van der Waals surface area contributed by atoms with E-state index in [2.05, 4.69) is 10.3 Å². The van der Waals surface area contributed by atoms with Gasteiger partial charge in [-0.05, 0) is 30.3 Å². The van der Waals surface area contributed by atoms with Gasteiger partial charge in [-0.3, -0.25) is 24.3 Å². The van der Waals surface area contributed by atoms with Gasteiger partial charge >= 0.3 is 0 Å². The van der Waals surface area contributed by atoms with E-state index in [-0.39, 0.29) is 17.6 Å². The number of non-ortho nitro benzene ring substituents is 1. The molecule has 1 heterocycles. The van der Waals surface area contributed by atoms with Gasteiger partial charge in [0.25, 0.3) is 11.2 Å². The number of carbonyl (C=O) groups excluding carboxylic acids is 1. The molecular formula is C17H14N4O5. The molecule has 1 aromatic heterocycles. The molecule has 3 aromatic rings. The van der Waals surface area contributed by atoms with Crippen molar-refractivity contribution in [1.82, 2.24) is 9.55 Å². The number of benzene rings is 2. The number of carbonyl (C=O) groups is 1. The van der Waals surface area contributed by atoms with Crippen molar-refractivity contribution in [2.24, 2.45) is 0 Å². The van der Waals surface area contributed by atoms with E-state index < -0.39 is 16.4 Å². The zero-order chi connectivity index (χ0) is 18.7. The predicted octanol–water partition coefficient (Wildman–Crippen LogP) is 1.95. The summed E-state index contributed by atoms with van der Waals surface area (Å²) in [5, 5.41) is 13.6. The summed E-state index contributed by atoms with van der Waals surface area (Å²) >= 11 is 0. The van der Waals surface area contributed by atoms with E-state index in [9.17, 15) is 19.7 Å². The van der Waals surface area contributed by atoms with Gasteiger partial charge in [0.15, 0.2) is 0 Å². The summed E-state index contributed by atoms with van der Waals surface area (Å²) in [6.07, 6.45) is 1.24. The molecule has 0 aliphatic rings. The number of nitrogens with zero attached hydrogens (tertiary/aromatic N) is 3. The molecule has 9 heteroatoms. The fourth-order valence-electron chi connectivity index (χ4n) is 2.40. The first-order valence-corrected chi connectivity index (χ1v) is 7.55. The van der Waals surface area contributed by atoms with Gasteiger partial charge in [0, 0.05) is 17.8 Å². The Morgan fingerprint density at radius 1 is 1.27 bits per heavy atom. The zero-order valence-electron chi connectivity index (χ0n) is 13.7. The summed E-state index contributed by atoms with van der Waals surface area (Å²) in [6, 6.07) is 10.6. The van der Waals surface area contributed by atoms with E-state index >= 15 is 0 Å². The first-order chi connectivity index (χ1) is 12.5. The average molecular weight is 354 g/mol. The number of methoxy groups -OCH3 is 1. The van der Waals surface area contributed by atoms with Crippen molar-refractivity contribution in [3.05, 3.63) is 69.3 Å². The first-order valence-electron chi connectivity index (χ1n) is 7.55. The maximum Gasteiger partial charge on any atom is 0.270 e. The molecule has 3 rings (SSSR count). The van der Waals surface area contributed by atoms with Crippen LogP contribution in [0.5, 0.6) is 5.75 Å². The molecule has 0 bridgehead atoms. The zero-order valence-corrected chi connectivity index (χ0v) is 13.7. The van der Waals surface area contributed by atoms with Crippen LogP contribution in [-0.4, -0.2) is 27.5 Å². The van der Waals surface area contributed by atoms with Crippen molar-refractivity contribution in [1.29, 1.82) is 0 Å². The second-order valence-corrected chi connectivity index (χ2v) is 5.41. The smallest absolute Gasteiger partial charge is 0.270 e. The lowest BCUT2D eigenvalue weighted by molar-refractivity contribution is -0.384. The molecule has 0 aliphatic heterocycles. The molecule has 1 amide bonds. The Morgan fingerprint density at radius 3 is 2.65 bits per heavy atom. The van der Waals surface area contributed by atoms with Gasteiger partial charge < -0.3 is 10.1 Å². The van der Waals surface area contributed by atoms with Crippen LogP contribution >= 0.6 is 0 Å². The third-order valence-corrected chi connectivity index (χ3v) is 3.71. The number of nitro benzene ring substituents is 1. The van der Waals surface area contributed by atoms with Gasteiger partial charge in [-0.2, -0.15) is 0 Å². The molecule has 0 radical (unpaired) electrons. The standard InChI is InChI=1S/C17H14N4O5/c1-26-13-5-2-11(3-6-13)19-16(22)9-20-10-18-15-7-4-12(21(24)25)8-14(15)17(20)23/h2-8,10H,9H2,1H3,(H,19,22). The van der Waals surface area contributed by atoms with Gasteiger partial charge in [-0.1, -0.05) is 0 Å². The summed E-state index contributed by atoms with van der Waals surface area (Å²) in [4.78, 5) is 39.0. The molecule has 0 unspecified atom stereocenters. The molecule has 0 spiro atoms. The number of aromatic nitrogens is 2. The average Bonchev–Trinajstić information content (AvgIpc) is 2.64. The molecule has 0 atom stereocenters. The van der Waals surface area contributed by atoms with E-state index in [1.807, 2.05) is 0 Å². The Hall–Kier alpha value is -3.75. The maximum atomic E-state index is 12.5. The van der Waals surface area contributed by atoms with E-state index in [4.69, 9.17) is 4.74 Å². The summed E-state index contributed by atoms with van der Waals surface area (Å²) in [5.41, 5.74) is 0.140. The van der Waals surface area contributed by atoms with Crippen LogP contribution < -0.4 is 15.6 Å². The number of fused-ring (bicyclic) bond motifs is 1. The van der Waals surface area contributed by atoms with E-state index in [1.54, 1.807) is 24.3 Å². The number of amides is 1. The summed E-state index contributed by atoms with van der Waals surface area (Å²) < 4.78 is 6.14. The Labute approximate surface area is 147 Å². The van der Waals surface area contributed by atoms with Crippen LogP contribution in [0.25, 0.3) is 10.9 Å². The molecule has 0 saturated heterocycles. The SMILES string of the molecule is COc1ccc(NC(=O)Cn2cnc3ccc([N+](=O)[O-])cc3c2=O)cc1. The van der Waals surface area contributed by atoms with E-state index in [0.29, 0.717) is 17.0 Å². The van der Waals surface area contributed by atoms with Crippen molar-refractivity contribution in [2.45, 2.75) is 6.54 Å². The van der Waals surface area contributed by atoms with Gasteiger partial charge in [-0.25, -0.2) is 4.98 Å². The van der Waals surface area contributed by atoms with Gasteiger partial charge in [0.05, 0.1) is 29.3 Å². The molecule has 1 N–H and O–H groups in total. The highest BCUT2D eigenvalue weighted by Gasteiger charge is 2.12. The maximum absolute atomic E-state index is 12.5. The Balaban J connectivity index is 1.83. The lowest BCUT2D eigenvalue weighted by Crippen LogP contribution is -2.27. The molecule has 132 valence electrons. The van der Waals surface area contributed by atoms with Crippen LogP contribution in [0, 0.1) is 10.1 Å². The summed E-state index contributed by atoms with van der Waals surface area (Å²) in [6.45, 7) is -0.267. The highest BCUT2D eigenvalue weighted by atomic mass is 16.6. The van der Waals surface area contributed by atoms with Crippen LogP contribution in [0.3, 0.4) is 0 Å². The molecule has 0 fully saturated rings. The highest BCUT2D eigenvalue weighted by Crippen LogP contribution is 2.17. The topological polar surface area (TPSA) is 116 Å². The molecule has 9 nitrogen and oxygen atoms in total. The normalized spacial score (nSPS) is 10.5. The third-order valence-electron chi connectivity index (χ3n) is 3.71. The first kappa shape index (κ1) is 17.1. The minimum atomic E-state index is -0.591. The number of ether oxygens (including phenoxy) is 1. The van der Waals surface area contributed by atoms with E-state index in [1.165, 1.54) is 25.6 Å². The van der Waals surface area contributed by atoms with Crippen molar-refractivity contribution < 1.29 is 14.5 Å². The monoisotopic (exact) mass is 354 g/mol. The molecular weight excluding hydrogens is 340 g/mol. The van der Waals surface area contributed by atoms with Crippen molar-refractivity contribution in [3.63, 3.8) is 0 Å². The number of rotatable bonds is 5. The quantitative estimate of drug-likeness (QED) is 0.553. The van der Waals surface area contributed by atoms with Gasteiger partial charge in [-0.15, -0.1) is 0 Å². The van der Waals surface area contributed by atoms with Crippen LogP contribution in [0.4, 0.5) is 11.4 Å². The van der Waals surface area contributed by atoms with E-state index in [0.717, 1.165) is 10.6 Å². The number of nitro groups is 1. The van der Waals surface area contributed by atoms with Crippen LogP contribution in [0.2, 0.25) is 0 Å². The largest absolute Gasteiger partial charge is 0.497 e. The molecule has 0 aliphatic carbocycles. The minimum absolute atomic E-state index is 0.0824. The van der Waals surface area contributed by atoms with Crippen molar-refractivity contribution in [2.75, 3.05) is 12.4 Å². The second kappa shape index (κ2) is 7.01. The molecule has 2 aromatic carbocycles. The number of hydrogen-bond acceptors (Lipinski definition) is 6. The summed E-state index contributed by atoms with van der Waals surface area (Å²) in [5.74, 6) is 0.225. The van der Waals surface area contributed by atoms with Crippen LogP contribution in [-0.2, 0) is 11.3 Å². The van der Waals surface area contributed by atoms with Gasteiger partial charge in [0.2, 0.25) is 5.91 Å². The summed E-state index contributed by atoms with van der Waals surface area (Å²) in [7, 11) is 1.54. The van der Waals surface area contributed by atoms with Crippen molar-refractivity contribution >= 4 is 28.2 Å². The fraction of sp³-hybridized carbons (Fsp3) is 0.118. The van der Waals surface area contributed by atoms with Gasteiger partial charge in [0.1, 0.15) is 12.3 Å². The minimum Gasteiger partial charge on any atom is -0.497 e. The number of hydrogen-bond donors (Lipinski definition) is 1. The Kier molecular flexibility index (Phi) is 4.61. The Bertz CT molecular complexity index is 1040. The lowest BCUT2D eigenvalue weighted by atomic mass is 10.2. The second-order valence-electron chi connectivity index (χ2n) is 5.41. The fourth-order valence-corrected chi connectivity index (χ4v) is 2.40. The molecule has 26 heavy (non-hydrogen) atoms. The third kappa shape index (κ3) is 3.51. The predicted molar refractivity (Wildman–Crippen MR) is 94.3 cm³/mol. The van der Waals surface area contributed by atoms with Crippen molar-refractivity contribution in [3.8, 4) is 5.75 Å². The highest BCUT2D eigenvalue weighted by molar-refractivity contribution is 5.90. The lowest BCUT2D eigenvalue weighted by Gasteiger charge is -2.08. The number of nitrogens with one attached hydrogen (secondary N) is 1. The number of anilines is 1. The van der Waals surface area contributed by atoms with Crippen LogP contribution in [0.15, 0.2) is 53.6 Å².